The average Bonchev–Trinajstić information content (AvgIpc) is 3.09. The molecule has 1 aromatic rings. The van der Waals surface area contributed by atoms with Crippen molar-refractivity contribution in [2.45, 2.75) is 38.1 Å². The molecule has 0 amide bonds. The quantitative estimate of drug-likeness (QED) is 0.811. The van der Waals surface area contributed by atoms with E-state index >= 15 is 0 Å². The lowest BCUT2D eigenvalue weighted by Crippen LogP contribution is -2.54. The second-order valence-electron chi connectivity index (χ2n) is 7.19. The molecule has 0 aliphatic carbocycles. The molecular weight excluding hydrogens is 302 g/mol. The summed E-state index contributed by atoms with van der Waals surface area (Å²) < 4.78 is 10.8. The highest BCUT2D eigenvalue weighted by Crippen LogP contribution is 2.34. The van der Waals surface area contributed by atoms with E-state index in [1.54, 1.807) is 0 Å². The number of nitrogens with one attached hydrogen (secondary N) is 1. The van der Waals surface area contributed by atoms with Crippen LogP contribution in [0, 0.1) is 0 Å². The third-order valence-corrected chi connectivity index (χ3v) is 5.52. The molecule has 0 spiro atoms. The number of unbranched alkanes of at least 4 members (excludes halogenated alkanes) is 1. The summed E-state index contributed by atoms with van der Waals surface area (Å²) >= 11 is 0. The zero-order valence-corrected chi connectivity index (χ0v) is 14.5. The van der Waals surface area contributed by atoms with Crippen LogP contribution < -0.4 is 14.8 Å². The van der Waals surface area contributed by atoms with Gasteiger partial charge in [-0.05, 0) is 50.9 Å². The minimum absolute atomic E-state index is 0.340. The highest BCUT2D eigenvalue weighted by atomic mass is 16.7. The molecule has 1 aromatic carbocycles. The summed E-state index contributed by atoms with van der Waals surface area (Å²) in [6, 6.07) is 6.91. The van der Waals surface area contributed by atoms with Crippen LogP contribution in [0.4, 0.5) is 5.69 Å². The van der Waals surface area contributed by atoms with Crippen molar-refractivity contribution >= 4 is 5.69 Å². The van der Waals surface area contributed by atoms with Crippen molar-refractivity contribution in [1.82, 2.24) is 9.80 Å². The Bertz CT molecular complexity index is 551. The second-order valence-corrected chi connectivity index (χ2v) is 7.19. The Balaban J connectivity index is 1.14. The van der Waals surface area contributed by atoms with E-state index in [9.17, 15) is 0 Å². The first-order chi connectivity index (χ1) is 11.9. The van der Waals surface area contributed by atoms with Gasteiger partial charge in [0.05, 0.1) is 0 Å². The van der Waals surface area contributed by atoms with E-state index < -0.39 is 0 Å². The zero-order chi connectivity index (χ0) is 16.2. The molecule has 2 fully saturated rings. The largest absolute Gasteiger partial charge is 0.454 e. The fourth-order valence-corrected chi connectivity index (χ4v) is 4.12. The molecule has 0 saturated carbocycles. The van der Waals surface area contributed by atoms with Gasteiger partial charge >= 0.3 is 0 Å². The van der Waals surface area contributed by atoms with Gasteiger partial charge in [0.2, 0.25) is 6.79 Å². The van der Waals surface area contributed by atoms with Gasteiger partial charge in [0.1, 0.15) is 0 Å². The molecule has 4 rings (SSSR count). The molecule has 3 heterocycles. The van der Waals surface area contributed by atoms with Crippen molar-refractivity contribution in [2.75, 3.05) is 51.4 Å². The van der Waals surface area contributed by atoms with Gasteiger partial charge in [-0.15, -0.1) is 0 Å². The number of fused-ring (bicyclic) bond motifs is 2. The van der Waals surface area contributed by atoms with Crippen LogP contribution in [0.2, 0.25) is 0 Å². The van der Waals surface area contributed by atoms with Crippen molar-refractivity contribution in [3.8, 4) is 11.5 Å². The molecule has 132 valence electrons. The first-order valence-corrected chi connectivity index (χ1v) is 9.48. The van der Waals surface area contributed by atoms with E-state index in [2.05, 4.69) is 21.2 Å². The van der Waals surface area contributed by atoms with E-state index in [4.69, 9.17) is 9.47 Å². The summed E-state index contributed by atoms with van der Waals surface area (Å²) in [6.45, 7) is 7.75. The van der Waals surface area contributed by atoms with E-state index in [0.29, 0.717) is 6.79 Å². The Labute approximate surface area is 144 Å². The Morgan fingerprint density at radius 1 is 1.04 bits per heavy atom. The molecule has 3 aliphatic rings. The molecule has 1 unspecified atom stereocenters. The normalized spacial score (nSPS) is 23.9. The Kier molecular flexibility index (Phi) is 5.09. The molecule has 5 nitrogen and oxygen atoms in total. The van der Waals surface area contributed by atoms with E-state index in [-0.39, 0.29) is 0 Å². The molecule has 5 heteroatoms. The van der Waals surface area contributed by atoms with Crippen molar-refractivity contribution in [1.29, 1.82) is 0 Å². The van der Waals surface area contributed by atoms with Gasteiger partial charge in [0.25, 0.3) is 0 Å². The number of hydrogen-bond acceptors (Lipinski definition) is 5. The van der Waals surface area contributed by atoms with Gasteiger partial charge in [0, 0.05) is 44.0 Å². The van der Waals surface area contributed by atoms with Crippen LogP contribution in [0.3, 0.4) is 0 Å². The number of hydrogen-bond donors (Lipinski definition) is 1. The average molecular weight is 331 g/mol. The molecule has 24 heavy (non-hydrogen) atoms. The summed E-state index contributed by atoms with van der Waals surface area (Å²) in [5.41, 5.74) is 1.12. The highest BCUT2D eigenvalue weighted by Gasteiger charge is 2.28. The van der Waals surface area contributed by atoms with Gasteiger partial charge in [-0.1, -0.05) is 6.42 Å². The van der Waals surface area contributed by atoms with Gasteiger partial charge in [0.15, 0.2) is 11.5 Å². The Hall–Kier alpha value is -1.46. The second kappa shape index (κ2) is 7.62. The van der Waals surface area contributed by atoms with Crippen LogP contribution in [0.15, 0.2) is 18.2 Å². The zero-order valence-electron chi connectivity index (χ0n) is 14.5. The number of piperidine rings is 1. The monoisotopic (exact) mass is 331 g/mol. The maximum atomic E-state index is 5.42. The molecule has 0 aromatic heterocycles. The van der Waals surface area contributed by atoms with Crippen LogP contribution in [-0.2, 0) is 0 Å². The van der Waals surface area contributed by atoms with Gasteiger partial charge in [-0.2, -0.15) is 0 Å². The summed E-state index contributed by atoms with van der Waals surface area (Å²) in [5, 5.41) is 3.50. The van der Waals surface area contributed by atoms with Crippen LogP contribution in [0.5, 0.6) is 11.5 Å². The van der Waals surface area contributed by atoms with Crippen molar-refractivity contribution < 1.29 is 9.47 Å². The topological polar surface area (TPSA) is 37.0 Å². The number of piperazine rings is 1. The molecular formula is C19H29N3O2. The number of ether oxygens (including phenoxy) is 2. The predicted octanol–water partition coefficient (Wildman–Crippen LogP) is 2.78. The summed E-state index contributed by atoms with van der Waals surface area (Å²) in [4.78, 5) is 5.38. The summed E-state index contributed by atoms with van der Waals surface area (Å²) in [5.74, 6) is 1.70. The van der Waals surface area contributed by atoms with E-state index in [1.807, 2.05) is 12.1 Å². The number of rotatable bonds is 6. The number of anilines is 1. The van der Waals surface area contributed by atoms with Crippen LogP contribution >= 0.6 is 0 Å². The van der Waals surface area contributed by atoms with Gasteiger partial charge < -0.3 is 19.7 Å². The number of benzene rings is 1. The van der Waals surface area contributed by atoms with E-state index in [1.165, 1.54) is 64.8 Å². The smallest absolute Gasteiger partial charge is 0.231 e. The van der Waals surface area contributed by atoms with Crippen LogP contribution in [0.1, 0.15) is 32.1 Å². The van der Waals surface area contributed by atoms with Gasteiger partial charge in [-0.3, -0.25) is 4.90 Å². The third kappa shape index (κ3) is 3.78. The molecule has 1 N–H and O–H groups in total. The van der Waals surface area contributed by atoms with E-state index in [0.717, 1.165) is 29.8 Å². The fraction of sp³-hybridized carbons (Fsp3) is 0.684. The van der Waals surface area contributed by atoms with Crippen LogP contribution in [-0.4, -0.2) is 61.9 Å². The lowest BCUT2D eigenvalue weighted by Gasteiger charge is -2.44. The first kappa shape index (κ1) is 16.0. The summed E-state index contributed by atoms with van der Waals surface area (Å²) in [7, 11) is 0. The minimum Gasteiger partial charge on any atom is -0.454 e. The molecule has 0 radical (unpaired) electrons. The lowest BCUT2D eigenvalue weighted by atomic mass is 9.99. The minimum atomic E-state index is 0.340. The molecule has 1 atom stereocenters. The SMILES string of the molecule is c1cc2c(cc1NCCCCN1CCN3CCCCC3C1)OCO2. The van der Waals surface area contributed by atoms with Crippen molar-refractivity contribution in [3.05, 3.63) is 18.2 Å². The van der Waals surface area contributed by atoms with Crippen LogP contribution in [0.25, 0.3) is 0 Å². The lowest BCUT2D eigenvalue weighted by molar-refractivity contribution is 0.0488. The first-order valence-electron chi connectivity index (χ1n) is 9.48. The Morgan fingerprint density at radius 3 is 3.00 bits per heavy atom. The number of nitrogens with zero attached hydrogens (tertiary/aromatic N) is 2. The fourth-order valence-electron chi connectivity index (χ4n) is 4.12. The standard InChI is InChI=1S/C19H29N3O2/c1-3-10-22-12-11-21(14-17(22)5-1)9-4-2-8-20-16-6-7-18-19(13-16)24-15-23-18/h6-7,13,17,20H,1-5,8-12,14-15H2. The third-order valence-electron chi connectivity index (χ3n) is 5.52. The van der Waals surface area contributed by atoms with Gasteiger partial charge in [-0.25, -0.2) is 0 Å². The van der Waals surface area contributed by atoms with Crippen molar-refractivity contribution in [3.63, 3.8) is 0 Å². The molecule has 2 saturated heterocycles. The van der Waals surface area contributed by atoms with Crippen molar-refractivity contribution in [2.24, 2.45) is 0 Å². The highest BCUT2D eigenvalue weighted by molar-refractivity contribution is 5.55. The molecule has 3 aliphatic heterocycles. The maximum Gasteiger partial charge on any atom is 0.231 e. The summed E-state index contributed by atoms with van der Waals surface area (Å²) in [6.07, 6.45) is 6.71. The predicted molar refractivity (Wildman–Crippen MR) is 95.9 cm³/mol. The Morgan fingerprint density at radius 2 is 2.00 bits per heavy atom. The molecule has 0 bridgehead atoms. The maximum absolute atomic E-state index is 5.42.